The van der Waals surface area contributed by atoms with Crippen molar-refractivity contribution in [3.63, 3.8) is 0 Å². The molecule has 0 N–H and O–H groups in total. The molecule has 0 bridgehead atoms. The Bertz CT molecular complexity index is 263. The van der Waals surface area contributed by atoms with Crippen molar-refractivity contribution < 1.29 is 4.74 Å². The van der Waals surface area contributed by atoms with Crippen LogP contribution in [0, 0.1) is 0 Å². The zero-order valence-corrected chi connectivity index (χ0v) is 13.7. The molecule has 1 heteroatoms. The third kappa shape index (κ3) is 13.6. The Kier molecular flexibility index (Phi) is 15.6. The van der Waals surface area contributed by atoms with Crippen molar-refractivity contribution in [3.8, 4) is 0 Å². The van der Waals surface area contributed by atoms with E-state index < -0.39 is 0 Å². The molecule has 0 fully saturated rings. The largest absolute Gasteiger partial charge is 0.381 e. The van der Waals surface area contributed by atoms with E-state index in [2.05, 4.69) is 38.7 Å². The number of ether oxygens (including phenoxy) is 1. The molecule has 0 atom stereocenters. The van der Waals surface area contributed by atoms with Gasteiger partial charge in [-0.3, -0.25) is 0 Å². The lowest BCUT2D eigenvalue weighted by Gasteiger charge is -2.02. The van der Waals surface area contributed by atoms with Gasteiger partial charge in [-0.15, -0.1) is 0 Å². The Morgan fingerprint density at radius 2 is 1.70 bits per heavy atom. The average molecular weight is 278 g/mol. The fourth-order valence-corrected chi connectivity index (χ4v) is 2.12. The topological polar surface area (TPSA) is 9.23 Å². The minimum Gasteiger partial charge on any atom is -0.381 e. The van der Waals surface area contributed by atoms with E-state index in [0.29, 0.717) is 0 Å². The monoisotopic (exact) mass is 278 g/mol. The van der Waals surface area contributed by atoms with Gasteiger partial charge in [0.15, 0.2) is 0 Å². The normalized spacial score (nSPS) is 12.2. The van der Waals surface area contributed by atoms with Crippen LogP contribution in [-0.2, 0) is 4.74 Å². The van der Waals surface area contributed by atoms with Gasteiger partial charge in [-0.2, -0.15) is 0 Å². The van der Waals surface area contributed by atoms with Gasteiger partial charge in [-0.25, -0.2) is 0 Å². The second-order valence-corrected chi connectivity index (χ2v) is 5.24. The van der Waals surface area contributed by atoms with Crippen molar-refractivity contribution >= 4 is 0 Å². The van der Waals surface area contributed by atoms with Gasteiger partial charge >= 0.3 is 0 Å². The number of allylic oxidation sites excluding steroid dienone is 5. The molecule has 0 heterocycles. The van der Waals surface area contributed by atoms with E-state index >= 15 is 0 Å². The first-order chi connectivity index (χ1) is 9.85. The highest BCUT2D eigenvalue weighted by molar-refractivity contribution is 5.09. The standard InChI is InChI=1S/C19H34O/c1-4-15-19(6-3)16-13-11-9-7-8-10-12-14-18-20-17-5-2/h4,7,9,15H,1,5-6,8,10-14,16-18H2,2-3H3/b9-7+,19-15-. The summed E-state index contributed by atoms with van der Waals surface area (Å²) >= 11 is 0. The summed E-state index contributed by atoms with van der Waals surface area (Å²) in [7, 11) is 0. The van der Waals surface area contributed by atoms with Crippen molar-refractivity contribution in [1.82, 2.24) is 0 Å². The Morgan fingerprint density at radius 1 is 0.950 bits per heavy atom. The van der Waals surface area contributed by atoms with Crippen molar-refractivity contribution in [2.24, 2.45) is 0 Å². The molecule has 0 spiro atoms. The smallest absolute Gasteiger partial charge is 0.0466 e. The molecule has 0 saturated carbocycles. The molecule has 0 aromatic heterocycles. The molecular weight excluding hydrogens is 244 g/mol. The quantitative estimate of drug-likeness (QED) is 0.208. The summed E-state index contributed by atoms with van der Waals surface area (Å²) < 4.78 is 5.46. The minimum absolute atomic E-state index is 0.917. The van der Waals surface area contributed by atoms with E-state index in [-0.39, 0.29) is 0 Å². The number of hydrogen-bond donors (Lipinski definition) is 0. The maximum absolute atomic E-state index is 5.46. The van der Waals surface area contributed by atoms with Gasteiger partial charge in [0, 0.05) is 13.2 Å². The molecule has 0 radical (unpaired) electrons. The third-order valence-corrected chi connectivity index (χ3v) is 3.35. The van der Waals surface area contributed by atoms with Crippen molar-refractivity contribution in [2.45, 2.75) is 71.6 Å². The summed E-state index contributed by atoms with van der Waals surface area (Å²) in [5, 5.41) is 0. The van der Waals surface area contributed by atoms with Gasteiger partial charge in [-0.1, -0.05) is 56.7 Å². The average Bonchev–Trinajstić information content (AvgIpc) is 2.47. The molecule has 0 aromatic rings. The molecule has 0 saturated heterocycles. The van der Waals surface area contributed by atoms with Crippen LogP contribution >= 0.6 is 0 Å². The highest BCUT2D eigenvalue weighted by Gasteiger charge is 1.92. The van der Waals surface area contributed by atoms with Crippen LogP contribution in [-0.4, -0.2) is 13.2 Å². The molecule has 116 valence electrons. The van der Waals surface area contributed by atoms with Crippen LogP contribution in [0.15, 0.2) is 36.5 Å². The second-order valence-electron chi connectivity index (χ2n) is 5.24. The number of rotatable bonds is 14. The lowest BCUT2D eigenvalue weighted by Crippen LogP contribution is -1.95. The SMILES string of the molecule is C=C/C=C(/CC)CCC/C=C/CCCCCOCCC. The van der Waals surface area contributed by atoms with Crippen LogP contribution in [0.25, 0.3) is 0 Å². The summed E-state index contributed by atoms with van der Waals surface area (Å²) in [5.74, 6) is 0. The molecule has 0 unspecified atom stereocenters. The highest BCUT2D eigenvalue weighted by Crippen LogP contribution is 2.12. The predicted octanol–water partition coefficient (Wildman–Crippen LogP) is 6.22. The first-order valence-electron chi connectivity index (χ1n) is 8.38. The van der Waals surface area contributed by atoms with E-state index in [0.717, 1.165) is 26.1 Å². The maximum atomic E-state index is 5.46. The first-order valence-corrected chi connectivity index (χ1v) is 8.38. The number of hydrogen-bond acceptors (Lipinski definition) is 1. The predicted molar refractivity (Wildman–Crippen MR) is 91.1 cm³/mol. The Balaban J connectivity index is 3.32. The summed E-state index contributed by atoms with van der Waals surface area (Å²) in [6, 6.07) is 0. The van der Waals surface area contributed by atoms with Crippen molar-refractivity contribution in [1.29, 1.82) is 0 Å². The van der Waals surface area contributed by atoms with Crippen molar-refractivity contribution in [2.75, 3.05) is 13.2 Å². The van der Waals surface area contributed by atoms with Gasteiger partial charge in [-0.05, 0) is 51.4 Å². The molecule has 1 nitrogen and oxygen atoms in total. The summed E-state index contributed by atoms with van der Waals surface area (Å²) in [5.41, 5.74) is 1.51. The lowest BCUT2D eigenvalue weighted by molar-refractivity contribution is 0.130. The Labute approximate surface area is 126 Å². The van der Waals surface area contributed by atoms with Crippen LogP contribution in [0.3, 0.4) is 0 Å². The molecular formula is C19H34O. The fraction of sp³-hybridized carbons (Fsp3) is 0.684. The third-order valence-electron chi connectivity index (χ3n) is 3.35. The molecule has 0 aliphatic carbocycles. The van der Waals surface area contributed by atoms with Gasteiger partial charge in [0.1, 0.15) is 0 Å². The van der Waals surface area contributed by atoms with Gasteiger partial charge < -0.3 is 4.74 Å². The Morgan fingerprint density at radius 3 is 2.35 bits per heavy atom. The van der Waals surface area contributed by atoms with E-state index in [1.54, 1.807) is 0 Å². The maximum Gasteiger partial charge on any atom is 0.0466 e. The van der Waals surface area contributed by atoms with Crippen LogP contribution in [0.2, 0.25) is 0 Å². The molecule has 20 heavy (non-hydrogen) atoms. The minimum atomic E-state index is 0.917. The van der Waals surface area contributed by atoms with Crippen molar-refractivity contribution in [3.05, 3.63) is 36.5 Å². The van der Waals surface area contributed by atoms with E-state index in [1.807, 2.05) is 6.08 Å². The zero-order chi connectivity index (χ0) is 14.9. The molecule has 0 aliphatic heterocycles. The van der Waals surface area contributed by atoms with E-state index in [9.17, 15) is 0 Å². The molecule has 0 amide bonds. The lowest BCUT2D eigenvalue weighted by atomic mass is 10.1. The molecule has 0 aliphatic rings. The summed E-state index contributed by atoms with van der Waals surface area (Å²) in [6.45, 7) is 9.98. The fourth-order valence-electron chi connectivity index (χ4n) is 2.12. The highest BCUT2D eigenvalue weighted by atomic mass is 16.5. The Hall–Kier alpha value is -0.820. The van der Waals surface area contributed by atoms with Gasteiger partial charge in [0.05, 0.1) is 0 Å². The first kappa shape index (κ1) is 19.2. The number of unbranched alkanes of at least 4 members (excludes halogenated alkanes) is 4. The van der Waals surface area contributed by atoms with Gasteiger partial charge in [0.2, 0.25) is 0 Å². The van der Waals surface area contributed by atoms with Crippen LogP contribution in [0.4, 0.5) is 0 Å². The molecule has 0 aromatic carbocycles. The van der Waals surface area contributed by atoms with Crippen LogP contribution in [0.1, 0.15) is 71.6 Å². The summed E-state index contributed by atoms with van der Waals surface area (Å²) in [6.07, 6.45) is 19.7. The molecule has 0 rings (SSSR count). The van der Waals surface area contributed by atoms with Gasteiger partial charge in [0.25, 0.3) is 0 Å². The van der Waals surface area contributed by atoms with Crippen LogP contribution in [0.5, 0.6) is 0 Å². The van der Waals surface area contributed by atoms with E-state index in [1.165, 1.54) is 50.5 Å². The second kappa shape index (κ2) is 16.2. The zero-order valence-electron chi connectivity index (χ0n) is 13.7. The summed E-state index contributed by atoms with van der Waals surface area (Å²) in [4.78, 5) is 0. The van der Waals surface area contributed by atoms with E-state index in [4.69, 9.17) is 4.74 Å². The van der Waals surface area contributed by atoms with Crippen LogP contribution < -0.4 is 0 Å².